The van der Waals surface area contributed by atoms with Crippen LogP contribution < -0.4 is 9.80 Å². The number of hydrogen-bond donors (Lipinski definition) is 0. The van der Waals surface area contributed by atoms with Crippen molar-refractivity contribution < 1.29 is 8.83 Å². The first-order valence-corrected chi connectivity index (χ1v) is 26.8. The van der Waals surface area contributed by atoms with Gasteiger partial charge in [0.25, 0.3) is 0 Å². The van der Waals surface area contributed by atoms with Gasteiger partial charge in [0.1, 0.15) is 22.5 Å². The van der Waals surface area contributed by atoms with Crippen LogP contribution in [0.25, 0.3) is 93.6 Å². The molecule has 0 fully saturated rings. The smallest absolute Gasteiger partial charge is 0.137 e. The number of allylic oxidation sites excluding steroid dienone is 2. The first-order chi connectivity index (χ1) is 38.6. The van der Waals surface area contributed by atoms with Crippen molar-refractivity contribution in [3.05, 3.63) is 295 Å². The van der Waals surface area contributed by atoms with Crippen molar-refractivity contribution in [3.63, 3.8) is 0 Å². The van der Waals surface area contributed by atoms with Gasteiger partial charge in [-0.2, -0.15) is 0 Å². The van der Waals surface area contributed by atoms with E-state index in [1.165, 1.54) is 76.8 Å². The van der Waals surface area contributed by atoms with Gasteiger partial charge >= 0.3 is 0 Å². The maximum Gasteiger partial charge on any atom is 0.137 e. The topological polar surface area (TPSA) is 32.8 Å². The quantitative estimate of drug-likeness (QED) is 0.112. The van der Waals surface area contributed by atoms with Crippen LogP contribution in [0.5, 0.6) is 0 Å². The Bertz CT molecular complexity index is 4800. The highest BCUT2D eigenvalue weighted by Crippen LogP contribution is 2.67. The molecule has 2 aliphatic rings. The highest BCUT2D eigenvalue weighted by molar-refractivity contribution is 6.22. The number of rotatable bonds is 8. The third-order valence-electron chi connectivity index (χ3n) is 16.7. The number of nitrogens with zero attached hydrogens (tertiary/aromatic N) is 2. The minimum Gasteiger partial charge on any atom is -0.461 e. The number of furan rings is 2. The summed E-state index contributed by atoms with van der Waals surface area (Å²) in [4.78, 5) is 4.72. The predicted molar refractivity (Wildman–Crippen MR) is 326 cm³/mol. The van der Waals surface area contributed by atoms with Gasteiger partial charge in [-0.1, -0.05) is 176 Å². The molecule has 0 saturated heterocycles. The van der Waals surface area contributed by atoms with E-state index in [1.54, 1.807) is 6.08 Å². The second-order valence-electron chi connectivity index (χ2n) is 20.7. The van der Waals surface area contributed by atoms with Gasteiger partial charge in [0.15, 0.2) is 0 Å². The fraction of sp³-hybridized carbons (Fsp3) is 0.0270. The minimum atomic E-state index is -0.646. The Hall–Kier alpha value is -10.2. The molecule has 16 rings (SSSR count). The Morgan fingerprint density at radius 2 is 0.897 bits per heavy atom. The molecular formula is C74H48N2O2. The second-order valence-corrected chi connectivity index (χ2v) is 20.7. The zero-order valence-electron chi connectivity index (χ0n) is 42.7. The van der Waals surface area contributed by atoms with Gasteiger partial charge in [0.05, 0.1) is 5.41 Å². The van der Waals surface area contributed by atoms with Gasteiger partial charge < -0.3 is 18.6 Å². The number of hydrogen-bond acceptors (Lipinski definition) is 4. The standard InChI is InChI=1S/C74H48N2O2/c1-3-4-23-54-46(2)77-69-44-52(34-39-60(54)69)76(49-21-9-6-10-22-49)51-36-41-63-65(43-51)56-24-11-12-28-62(56)71-64-37-32-47-42-50(75(48-19-7-5-8-20-48)53-35-40-61-59-27-15-18-31-68(59)78-70(61)45-53)33-38-55(47)72(64)74(73(63)71)66-29-16-13-25-57(66)58-26-14-17-30-67(58)74/h3-45H,1H2,2H3/b23-4-. The van der Waals surface area contributed by atoms with Crippen LogP contribution in [0.1, 0.15) is 33.6 Å². The number of aryl methyl sites for hydroxylation is 1. The summed E-state index contributed by atoms with van der Waals surface area (Å²) in [6, 6.07) is 89.3. The summed E-state index contributed by atoms with van der Waals surface area (Å²) in [5.41, 5.74) is 19.7. The molecule has 1 spiro atoms. The summed E-state index contributed by atoms with van der Waals surface area (Å²) in [6.07, 6.45) is 5.85. The number of fused-ring (bicyclic) bond motifs is 21. The Labute approximate surface area is 451 Å². The molecule has 14 aromatic rings. The van der Waals surface area contributed by atoms with E-state index < -0.39 is 5.41 Å². The van der Waals surface area contributed by atoms with Crippen molar-refractivity contribution >= 4 is 105 Å². The molecule has 2 heterocycles. The fourth-order valence-electron chi connectivity index (χ4n) is 13.6. The molecule has 0 unspecified atom stereocenters. The number of benzene rings is 12. The highest BCUT2D eigenvalue weighted by Gasteiger charge is 2.54. The molecule has 0 aliphatic heterocycles. The second kappa shape index (κ2) is 16.9. The molecule has 12 aromatic carbocycles. The summed E-state index contributed by atoms with van der Waals surface area (Å²) in [5.74, 6) is 0.877. The zero-order chi connectivity index (χ0) is 51.6. The lowest BCUT2D eigenvalue weighted by Gasteiger charge is -2.33. The van der Waals surface area contributed by atoms with Gasteiger partial charge in [-0.3, -0.25) is 0 Å². The summed E-state index contributed by atoms with van der Waals surface area (Å²) in [7, 11) is 0. The number of para-hydroxylation sites is 3. The lowest BCUT2D eigenvalue weighted by atomic mass is 9.68. The number of anilines is 6. The van der Waals surface area contributed by atoms with E-state index >= 15 is 0 Å². The Morgan fingerprint density at radius 1 is 0.372 bits per heavy atom. The Morgan fingerprint density at radius 3 is 1.58 bits per heavy atom. The van der Waals surface area contributed by atoms with E-state index in [0.717, 1.165) is 78.4 Å². The largest absolute Gasteiger partial charge is 0.461 e. The van der Waals surface area contributed by atoms with Crippen LogP contribution in [0.4, 0.5) is 34.1 Å². The molecule has 4 nitrogen and oxygen atoms in total. The van der Waals surface area contributed by atoms with E-state index in [1.807, 2.05) is 25.1 Å². The molecule has 78 heavy (non-hydrogen) atoms. The molecule has 0 saturated carbocycles. The van der Waals surface area contributed by atoms with Crippen molar-refractivity contribution in [2.45, 2.75) is 12.3 Å². The molecule has 366 valence electrons. The van der Waals surface area contributed by atoms with Gasteiger partial charge in [-0.25, -0.2) is 0 Å². The Balaban J connectivity index is 0.943. The average molecular weight is 997 g/mol. The van der Waals surface area contributed by atoms with Crippen LogP contribution >= 0.6 is 0 Å². The van der Waals surface area contributed by atoms with Crippen LogP contribution in [0.15, 0.2) is 270 Å². The lowest BCUT2D eigenvalue weighted by molar-refractivity contribution is 0.577. The first kappa shape index (κ1) is 44.2. The average Bonchev–Trinajstić information content (AvgIpc) is 4.41. The summed E-state index contributed by atoms with van der Waals surface area (Å²) in [5, 5.41) is 10.6. The van der Waals surface area contributed by atoms with Crippen LogP contribution in [-0.4, -0.2) is 0 Å². The highest BCUT2D eigenvalue weighted by atomic mass is 16.3. The third kappa shape index (κ3) is 6.23. The molecule has 0 N–H and O–H groups in total. The minimum absolute atomic E-state index is 0.646. The SMILES string of the molecule is C=C/C=C\c1c(C)oc2cc(N(c3ccccc3)c3ccc4c5c(c6ccccc6c4c3)-c3ccc4cc(N(c6ccccc6)c6ccc7c(c6)oc6ccccc67)ccc4c3C53c4ccccc4-c4ccccc43)ccc12. The maximum atomic E-state index is 6.49. The van der Waals surface area contributed by atoms with Gasteiger partial charge in [0.2, 0.25) is 0 Å². The van der Waals surface area contributed by atoms with Crippen LogP contribution in [0.2, 0.25) is 0 Å². The van der Waals surface area contributed by atoms with Crippen LogP contribution in [-0.2, 0) is 5.41 Å². The fourth-order valence-corrected chi connectivity index (χ4v) is 13.6. The predicted octanol–water partition coefficient (Wildman–Crippen LogP) is 20.6. The molecule has 2 aromatic heterocycles. The monoisotopic (exact) mass is 996 g/mol. The van der Waals surface area contributed by atoms with E-state index in [9.17, 15) is 0 Å². The molecule has 0 atom stereocenters. The maximum absolute atomic E-state index is 6.49. The van der Waals surface area contributed by atoms with Crippen molar-refractivity contribution in [1.29, 1.82) is 0 Å². The van der Waals surface area contributed by atoms with Crippen molar-refractivity contribution in [2.24, 2.45) is 0 Å². The van der Waals surface area contributed by atoms with E-state index in [0.29, 0.717) is 0 Å². The lowest BCUT2D eigenvalue weighted by Crippen LogP contribution is -2.26. The molecule has 0 bridgehead atoms. The van der Waals surface area contributed by atoms with Gasteiger partial charge in [-0.05, 0) is 163 Å². The molecule has 4 heteroatoms. The summed E-state index contributed by atoms with van der Waals surface area (Å²) >= 11 is 0. The van der Waals surface area contributed by atoms with E-state index in [2.05, 4.69) is 253 Å². The molecule has 0 radical (unpaired) electrons. The van der Waals surface area contributed by atoms with Crippen molar-refractivity contribution in [2.75, 3.05) is 9.80 Å². The van der Waals surface area contributed by atoms with Gasteiger partial charge in [0, 0.05) is 68.0 Å². The molecule has 0 amide bonds. The van der Waals surface area contributed by atoms with Crippen LogP contribution in [0, 0.1) is 6.92 Å². The van der Waals surface area contributed by atoms with E-state index in [-0.39, 0.29) is 0 Å². The van der Waals surface area contributed by atoms with E-state index in [4.69, 9.17) is 8.83 Å². The summed E-state index contributed by atoms with van der Waals surface area (Å²) in [6.45, 7) is 5.94. The molecular weight excluding hydrogens is 949 g/mol. The first-order valence-electron chi connectivity index (χ1n) is 26.8. The Kier molecular flexibility index (Phi) is 9.58. The van der Waals surface area contributed by atoms with Crippen molar-refractivity contribution in [3.8, 4) is 22.3 Å². The van der Waals surface area contributed by atoms with Crippen molar-refractivity contribution in [1.82, 2.24) is 0 Å². The zero-order valence-corrected chi connectivity index (χ0v) is 42.7. The third-order valence-corrected chi connectivity index (χ3v) is 16.7. The molecule has 2 aliphatic carbocycles. The summed E-state index contributed by atoms with van der Waals surface area (Å²) < 4.78 is 13.0. The van der Waals surface area contributed by atoms with Gasteiger partial charge in [-0.15, -0.1) is 0 Å². The normalized spacial score (nSPS) is 13.0. The van der Waals surface area contributed by atoms with Crippen LogP contribution in [0.3, 0.4) is 0 Å².